The van der Waals surface area contributed by atoms with Crippen LogP contribution in [0.5, 0.6) is 0 Å². The van der Waals surface area contributed by atoms with Crippen LogP contribution in [-0.2, 0) is 14.3 Å². The molecule has 0 bridgehead atoms. The number of fused-ring (bicyclic) bond motifs is 1. The van der Waals surface area contributed by atoms with Crippen molar-refractivity contribution in [3.05, 3.63) is 89.6 Å². The van der Waals surface area contributed by atoms with Gasteiger partial charge in [-0.15, -0.1) is 0 Å². The van der Waals surface area contributed by atoms with Gasteiger partial charge in [-0.25, -0.2) is 4.79 Å². The van der Waals surface area contributed by atoms with Gasteiger partial charge in [0.25, 0.3) is 0 Å². The average Bonchev–Trinajstić information content (AvgIpc) is 3.09. The summed E-state index contributed by atoms with van der Waals surface area (Å²) in [6.07, 6.45) is 0.247. The predicted octanol–water partition coefficient (Wildman–Crippen LogP) is 4.17. The number of benzene rings is 3. The van der Waals surface area contributed by atoms with E-state index in [2.05, 4.69) is 0 Å². The van der Waals surface area contributed by atoms with E-state index in [4.69, 9.17) is 4.74 Å². The topological polar surface area (TPSA) is 46.6 Å². The number of rotatable bonds is 2. The molecule has 0 aliphatic carbocycles. The Balaban J connectivity index is 1.70. The first kappa shape index (κ1) is 15.8. The molecule has 0 radical (unpaired) electrons. The molecule has 2 heterocycles. The highest BCUT2D eigenvalue weighted by Crippen LogP contribution is 2.43. The third-order valence-corrected chi connectivity index (χ3v) is 5.33. The highest BCUT2D eigenvalue weighted by Gasteiger charge is 2.43. The van der Waals surface area contributed by atoms with E-state index in [1.807, 2.05) is 72.8 Å². The normalized spacial score (nSPS) is 19.4. The van der Waals surface area contributed by atoms with Crippen molar-refractivity contribution < 1.29 is 14.3 Å². The monoisotopic (exact) mass is 355 g/mol. The van der Waals surface area contributed by atoms with Gasteiger partial charge >= 0.3 is 5.97 Å². The fraction of sp³-hybridized carbons (Fsp3) is 0.130. The molecule has 1 unspecified atom stereocenters. The summed E-state index contributed by atoms with van der Waals surface area (Å²) >= 11 is 0. The lowest BCUT2D eigenvalue weighted by atomic mass is 9.82. The van der Waals surface area contributed by atoms with E-state index in [-0.39, 0.29) is 30.8 Å². The summed E-state index contributed by atoms with van der Waals surface area (Å²) in [4.78, 5) is 27.3. The number of carbonyl (C=O) groups excluding carboxylic acids is 2. The average molecular weight is 355 g/mol. The van der Waals surface area contributed by atoms with E-state index in [1.165, 1.54) is 0 Å². The SMILES string of the molecule is O=C1OCC2=C1C(c1cccc3ccccc13)CC(=O)N2c1ccccc1. The van der Waals surface area contributed by atoms with E-state index >= 15 is 0 Å². The Bertz CT molecular complexity index is 1100. The van der Waals surface area contributed by atoms with Gasteiger partial charge in [0.15, 0.2) is 0 Å². The molecule has 3 aromatic rings. The second kappa shape index (κ2) is 6.09. The van der Waals surface area contributed by atoms with Gasteiger partial charge in [0.05, 0.1) is 11.3 Å². The highest BCUT2D eigenvalue weighted by atomic mass is 16.5. The van der Waals surface area contributed by atoms with E-state index in [9.17, 15) is 9.59 Å². The number of hydrogen-bond acceptors (Lipinski definition) is 3. The van der Waals surface area contributed by atoms with Crippen LogP contribution in [0.15, 0.2) is 84.1 Å². The Morgan fingerprint density at radius 3 is 2.44 bits per heavy atom. The first-order chi connectivity index (χ1) is 13.2. The molecule has 4 heteroatoms. The summed E-state index contributed by atoms with van der Waals surface area (Å²) in [5, 5.41) is 2.17. The van der Waals surface area contributed by atoms with Gasteiger partial charge in [0, 0.05) is 18.0 Å². The highest BCUT2D eigenvalue weighted by molar-refractivity contribution is 6.07. The van der Waals surface area contributed by atoms with E-state index in [1.54, 1.807) is 4.90 Å². The van der Waals surface area contributed by atoms with E-state index in [0.717, 1.165) is 22.0 Å². The van der Waals surface area contributed by atoms with Gasteiger partial charge in [-0.1, -0.05) is 60.7 Å². The molecule has 132 valence electrons. The van der Waals surface area contributed by atoms with Crippen LogP contribution in [0.25, 0.3) is 10.8 Å². The first-order valence-corrected chi connectivity index (χ1v) is 9.00. The van der Waals surface area contributed by atoms with Crippen LogP contribution >= 0.6 is 0 Å². The molecule has 4 nitrogen and oxygen atoms in total. The molecule has 0 saturated heterocycles. The maximum absolute atomic E-state index is 13.1. The Morgan fingerprint density at radius 1 is 0.852 bits per heavy atom. The lowest BCUT2D eigenvalue weighted by Gasteiger charge is -2.32. The van der Waals surface area contributed by atoms with Crippen molar-refractivity contribution in [2.45, 2.75) is 12.3 Å². The van der Waals surface area contributed by atoms with Crippen molar-refractivity contribution in [1.29, 1.82) is 0 Å². The zero-order valence-corrected chi connectivity index (χ0v) is 14.6. The van der Waals surface area contributed by atoms with Crippen molar-refractivity contribution in [3.8, 4) is 0 Å². The molecule has 3 aromatic carbocycles. The summed E-state index contributed by atoms with van der Waals surface area (Å²) in [6, 6.07) is 23.5. The number of carbonyl (C=O) groups is 2. The van der Waals surface area contributed by atoms with Crippen LogP contribution in [0.1, 0.15) is 17.9 Å². The summed E-state index contributed by atoms with van der Waals surface area (Å²) in [5.74, 6) is -0.624. The van der Waals surface area contributed by atoms with Crippen molar-refractivity contribution in [2.24, 2.45) is 0 Å². The molecule has 0 fully saturated rings. The van der Waals surface area contributed by atoms with Gasteiger partial charge < -0.3 is 4.74 Å². The second-order valence-corrected chi connectivity index (χ2v) is 6.83. The molecule has 5 rings (SSSR count). The quantitative estimate of drug-likeness (QED) is 0.648. The number of esters is 1. The smallest absolute Gasteiger partial charge is 0.336 e. The summed E-state index contributed by atoms with van der Waals surface area (Å²) in [7, 11) is 0. The fourth-order valence-corrected chi connectivity index (χ4v) is 4.15. The largest absolute Gasteiger partial charge is 0.456 e. The van der Waals surface area contributed by atoms with Gasteiger partial charge in [-0.05, 0) is 28.5 Å². The Kier molecular flexibility index (Phi) is 3.57. The van der Waals surface area contributed by atoms with Gasteiger partial charge in [-0.3, -0.25) is 9.69 Å². The summed E-state index contributed by atoms with van der Waals surface area (Å²) in [6.45, 7) is 0.135. The predicted molar refractivity (Wildman–Crippen MR) is 103 cm³/mol. The zero-order chi connectivity index (χ0) is 18.4. The van der Waals surface area contributed by atoms with E-state index < -0.39 is 0 Å². The van der Waals surface area contributed by atoms with E-state index in [0.29, 0.717) is 11.3 Å². The number of ether oxygens (including phenoxy) is 1. The van der Waals surface area contributed by atoms with Crippen LogP contribution in [0.2, 0.25) is 0 Å². The Labute approximate surface area is 156 Å². The van der Waals surface area contributed by atoms with Crippen molar-refractivity contribution in [3.63, 3.8) is 0 Å². The van der Waals surface area contributed by atoms with Crippen LogP contribution < -0.4 is 4.90 Å². The van der Waals surface area contributed by atoms with Gasteiger partial charge in [-0.2, -0.15) is 0 Å². The van der Waals surface area contributed by atoms with Crippen LogP contribution in [-0.4, -0.2) is 18.5 Å². The maximum Gasteiger partial charge on any atom is 0.336 e. The minimum atomic E-state index is -0.323. The van der Waals surface area contributed by atoms with Crippen molar-refractivity contribution >= 4 is 28.3 Å². The first-order valence-electron chi connectivity index (χ1n) is 9.00. The molecule has 0 N–H and O–H groups in total. The fourth-order valence-electron chi connectivity index (χ4n) is 4.15. The molecule has 27 heavy (non-hydrogen) atoms. The van der Waals surface area contributed by atoms with Gasteiger partial charge in [0.2, 0.25) is 5.91 Å². The van der Waals surface area contributed by atoms with Crippen molar-refractivity contribution in [1.82, 2.24) is 0 Å². The number of amides is 1. The standard InChI is InChI=1S/C23H17NO3/c25-21-13-19(18-12-6-8-15-7-4-5-11-17(15)18)22-20(14-27-23(22)26)24(21)16-9-2-1-3-10-16/h1-12,19H,13-14H2. The third kappa shape index (κ3) is 2.45. The molecular formula is C23H17NO3. The summed E-state index contributed by atoms with van der Waals surface area (Å²) in [5.41, 5.74) is 3.04. The van der Waals surface area contributed by atoms with Crippen LogP contribution in [0, 0.1) is 0 Å². The molecule has 1 amide bonds. The molecule has 0 saturated carbocycles. The molecular weight excluding hydrogens is 338 g/mol. The molecule has 1 atom stereocenters. The second-order valence-electron chi connectivity index (χ2n) is 6.83. The third-order valence-electron chi connectivity index (χ3n) is 5.33. The lowest BCUT2D eigenvalue weighted by Crippen LogP contribution is -2.37. The summed E-state index contributed by atoms with van der Waals surface area (Å²) < 4.78 is 5.36. The molecule has 0 aromatic heterocycles. The number of hydrogen-bond donors (Lipinski definition) is 0. The minimum Gasteiger partial charge on any atom is -0.456 e. The number of cyclic esters (lactones) is 1. The number of anilines is 1. The Morgan fingerprint density at radius 2 is 1.59 bits per heavy atom. The van der Waals surface area contributed by atoms with Gasteiger partial charge in [0.1, 0.15) is 6.61 Å². The van der Waals surface area contributed by atoms with Crippen LogP contribution in [0.3, 0.4) is 0 Å². The molecule has 0 spiro atoms. The minimum absolute atomic E-state index is 0.0174. The molecule has 2 aliphatic heterocycles. The van der Waals surface area contributed by atoms with Crippen LogP contribution in [0.4, 0.5) is 5.69 Å². The maximum atomic E-state index is 13.1. The van der Waals surface area contributed by atoms with Crippen molar-refractivity contribution in [2.75, 3.05) is 11.5 Å². The Hall–Kier alpha value is -3.40. The number of nitrogens with zero attached hydrogens (tertiary/aromatic N) is 1. The molecule has 2 aliphatic rings. The number of para-hydroxylation sites is 1. The lowest BCUT2D eigenvalue weighted by molar-refractivity contribution is -0.136. The zero-order valence-electron chi connectivity index (χ0n) is 14.6.